The van der Waals surface area contributed by atoms with E-state index in [1.54, 1.807) is 6.07 Å². The van der Waals surface area contributed by atoms with Crippen molar-refractivity contribution in [3.63, 3.8) is 0 Å². The predicted molar refractivity (Wildman–Crippen MR) is 118 cm³/mol. The number of benzene rings is 1. The molecule has 1 aliphatic heterocycles. The van der Waals surface area contributed by atoms with E-state index in [4.69, 9.17) is 5.73 Å². The number of rotatable bonds is 5. The van der Waals surface area contributed by atoms with E-state index < -0.39 is 0 Å². The third kappa shape index (κ3) is 11.1. The van der Waals surface area contributed by atoms with Crippen LogP contribution in [0.1, 0.15) is 87.7 Å². The summed E-state index contributed by atoms with van der Waals surface area (Å²) in [5.74, 6) is 0.542. The van der Waals surface area contributed by atoms with Crippen LogP contribution in [0, 0.1) is 5.92 Å². The van der Waals surface area contributed by atoms with E-state index >= 15 is 0 Å². The number of amides is 2. The van der Waals surface area contributed by atoms with E-state index in [1.807, 2.05) is 26.0 Å². The third-order valence-corrected chi connectivity index (χ3v) is 4.63. The summed E-state index contributed by atoms with van der Waals surface area (Å²) in [4.78, 5) is 20.8. The minimum atomic E-state index is -0.353. The Morgan fingerprint density at radius 1 is 1.21 bits per heavy atom. The van der Waals surface area contributed by atoms with E-state index in [1.165, 1.54) is 49.7 Å². The number of hydrogen-bond donors (Lipinski definition) is 3. The van der Waals surface area contributed by atoms with Crippen molar-refractivity contribution in [2.24, 2.45) is 11.7 Å². The Kier molecular flexibility index (Phi) is 16.1. The van der Waals surface area contributed by atoms with Gasteiger partial charge in [-0.05, 0) is 48.6 Å². The van der Waals surface area contributed by atoms with Gasteiger partial charge in [0, 0.05) is 18.7 Å². The van der Waals surface area contributed by atoms with Gasteiger partial charge in [-0.3, -0.25) is 9.59 Å². The fourth-order valence-corrected chi connectivity index (χ4v) is 3.28. The maximum atomic E-state index is 10.9. The standard InChI is InChI=1S/C10H12N2O.C8H15NO.C3H8.C2H6/c11-10(13)8-2-1-7-3-4-12-6-9(7)5-8;10-7-9-6-5-8-3-1-2-4-8;1-3-2;1-2/h1-2,5,12H,3-4,6H2,(H2,11,13);7-8H,1-6H2,(H,9,10);3H2,1-2H3;1-2H3. The molecular weight excluding hydrogens is 350 g/mol. The fraction of sp³-hybridized carbons (Fsp3) is 0.652. The summed E-state index contributed by atoms with van der Waals surface area (Å²) >= 11 is 0. The maximum absolute atomic E-state index is 10.9. The zero-order valence-electron chi connectivity index (χ0n) is 18.4. The molecule has 28 heavy (non-hydrogen) atoms. The molecule has 1 aliphatic carbocycles. The van der Waals surface area contributed by atoms with Crippen molar-refractivity contribution in [3.05, 3.63) is 34.9 Å². The fourth-order valence-electron chi connectivity index (χ4n) is 3.28. The molecule has 0 spiro atoms. The summed E-state index contributed by atoms with van der Waals surface area (Å²) in [5, 5.41) is 5.95. The van der Waals surface area contributed by atoms with Gasteiger partial charge in [-0.25, -0.2) is 0 Å². The molecule has 0 saturated heterocycles. The van der Waals surface area contributed by atoms with Crippen molar-refractivity contribution < 1.29 is 9.59 Å². The molecule has 3 rings (SSSR count). The van der Waals surface area contributed by atoms with Gasteiger partial charge in [-0.15, -0.1) is 0 Å². The van der Waals surface area contributed by atoms with Crippen LogP contribution in [-0.2, 0) is 17.8 Å². The van der Waals surface area contributed by atoms with Gasteiger partial charge in [0.2, 0.25) is 12.3 Å². The van der Waals surface area contributed by atoms with Crippen molar-refractivity contribution in [1.82, 2.24) is 10.6 Å². The molecule has 1 aromatic rings. The lowest BCUT2D eigenvalue weighted by atomic mass is 9.98. The first-order valence-corrected chi connectivity index (χ1v) is 10.9. The first-order valence-electron chi connectivity index (χ1n) is 10.9. The molecule has 1 saturated carbocycles. The molecule has 0 atom stereocenters. The van der Waals surface area contributed by atoms with Crippen molar-refractivity contribution in [2.75, 3.05) is 13.1 Å². The van der Waals surface area contributed by atoms with Gasteiger partial charge in [0.25, 0.3) is 0 Å². The van der Waals surface area contributed by atoms with Crippen molar-refractivity contribution in [3.8, 4) is 0 Å². The van der Waals surface area contributed by atoms with E-state index in [0.29, 0.717) is 5.56 Å². The summed E-state index contributed by atoms with van der Waals surface area (Å²) in [6.45, 7) is 11.0. The molecule has 2 aliphatic rings. The van der Waals surface area contributed by atoms with E-state index in [0.717, 1.165) is 38.4 Å². The summed E-state index contributed by atoms with van der Waals surface area (Å²) < 4.78 is 0. The second kappa shape index (κ2) is 17.2. The number of carbonyl (C=O) groups is 2. The lowest BCUT2D eigenvalue weighted by Crippen LogP contribution is -2.24. The number of carbonyl (C=O) groups excluding carboxylic acids is 2. The number of nitrogens with two attached hydrogens (primary N) is 1. The Hall–Kier alpha value is -1.88. The summed E-state index contributed by atoms with van der Waals surface area (Å²) in [5.41, 5.74) is 8.31. The zero-order valence-corrected chi connectivity index (χ0v) is 18.4. The monoisotopic (exact) mass is 391 g/mol. The summed E-state index contributed by atoms with van der Waals surface area (Å²) in [6.07, 6.45) is 9.79. The number of hydrogen-bond acceptors (Lipinski definition) is 3. The highest BCUT2D eigenvalue weighted by Gasteiger charge is 2.13. The van der Waals surface area contributed by atoms with E-state index in [9.17, 15) is 9.59 Å². The van der Waals surface area contributed by atoms with Crippen LogP contribution in [-0.4, -0.2) is 25.4 Å². The van der Waals surface area contributed by atoms with Gasteiger partial charge >= 0.3 is 0 Å². The van der Waals surface area contributed by atoms with Crippen molar-refractivity contribution >= 4 is 12.3 Å². The summed E-state index contributed by atoms with van der Waals surface area (Å²) in [7, 11) is 0. The van der Waals surface area contributed by atoms with Crippen LogP contribution in [0.15, 0.2) is 18.2 Å². The van der Waals surface area contributed by atoms with Crippen LogP contribution in [0.25, 0.3) is 0 Å². The Morgan fingerprint density at radius 3 is 2.43 bits per heavy atom. The molecule has 160 valence electrons. The van der Waals surface area contributed by atoms with Crippen molar-refractivity contribution in [1.29, 1.82) is 0 Å². The van der Waals surface area contributed by atoms with Gasteiger partial charge in [-0.1, -0.05) is 65.9 Å². The number of nitrogens with one attached hydrogen (secondary N) is 2. The second-order valence-electron chi connectivity index (χ2n) is 6.99. The Balaban J connectivity index is 0.000000434. The molecule has 0 bridgehead atoms. The molecule has 0 radical (unpaired) electrons. The van der Waals surface area contributed by atoms with Crippen LogP contribution in [0.5, 0.6) is 0 Å². The number of fused-ring (bicyclic) bond motifs is 1. The topological polar surface area (TPSA) is 84.2 Å². The average molecular weight is 392 g/mol. The largest absolute Gasteiger partial charge is 0.366 e. The normalized spacial score (nSPS) is 14.7. The molecule has 1 heterocycles. The minimum Gasteiger partial charge on any atom is -0.366 e. The maximum Gasteiger partial charge on any atom is 0.248 e. The molecule has 5 heteroatoms. The molecular formula is C23H41N3O2. The average Bonchev–Trinajstić information content (AvgIpc) is 3.24. The highest BCUT2D eigenvalue weighted by atomic mass is 16.1. The van der Waals surface area contributed by atoms with Gasteiger partial charge in [0.15, 0.2) is 0 Å². The molecule has 0 aromatic heterocycles. The third-order valence-electron chi connectivity index (χ3n) is 4.63. The molecule has 0 unspecified atom stereocenters. The first kappa shape index (κ1) is 26.1. The van der Waals surface area contributed by atoms with Gasteiger partial charge in [0.05, 0.1) is 0 Å². The molecule has 4 N–H and O–H groups in total. The summed E-state index contributed by atoms with van der Waals surface area (Å²) in [6, 6.07) is 5.67. The molecule has 2 amide bonds. The van der Waals surface area contributed by atoms with Gasteiger partial charge in [0.1, 0.15) is 0 Å². The van der Waals surface area contributed by atoms with E-state index in [2.05, 4.69) is 24.5 Å². The van der Waals surface area contributed by atoms with Crippen LogP contribution in [0.4, 0.5) is 0 Å². The SMILES string of the molecule is CC.CCC.NC(=O)c1ccc2c(c1)CNCC2.O=CNCCC1CCCC1. The smallest absolute Gasteiger partial charge is 0.248 e. The Bertz CT molecular complexity index is 541. The first-order chi connectivity index (χ1) is 13.6. The van der Waals surface area contributed by atoms with Crippen molar-refractivity contribution in [2.45, 2.75) is 79.2 Å². The van der Waals surface area contributed by atoms with Crippen LogP contribution >= 0.6 is 0 Å². The highest BCUT2D eigenvalue weighted by molar-refractivity contribution is 5.93. The molecule has 5 nitrogen and oxygen atoms in total. The lowest BCUT2D eigenvalue weighted by molar-refractivity contribution is -0.109. The second-order valence-corrected chi connectivity index (χ2v) is 6.99. The van der Waals surface area contributed by atoms with Crippen LogP contribution in [0.2, 0.25) is 0 Å². The predicted octanol–water partition coefficient (Wildman–Crippen LogP) is 4.19. The minimum absolute atomic E-state index is 0.353. The Labute approximate surface area is 171 Å². The van der Waals surface area contributed by atoms with Crippen LogP contribution in [0.3, 0.4) is 0 Å². The molecule has 1 fully saturated rings. The van der Waals surface area contributed by atoms with E-state index in [-0.39, 0.29) is 5.91 Å². The zero-order chi connectivity index (χ0) is 21.2. The Morgan fingerprint density at radius 2 is 1.86 bits per heavy atom. The number of primary amides is 1. The lowest BCUT2D eigenvalue weighted by Gasteiger charge is -2.17. The highest BCUT2D eigenvalue weighted by Crippen LogP contribution is 2.26. The quantitative estimate of drug-likeness (QED) is 0.520. The van der Waals surface area contributed by atoms with Gasteiger partial charge < -0.3 is 16.4 Å². The van der Waals surface area contributed by atoms with Gasteiger partial charge in [-0.2, -0.15) is 0 Å². The van der Waals surface area contributed by atoms with Crippen LogP contribution < -0.4 is 16.4 Å². The molecule has 1 aromatic carbocycles.